The summed E-state index contributed by atoms with van der Waals surface area (Å²) in [5, 5.41) is 14.9. The van der Waals surface area contributed by atoms with Crippen molar-refractivity contribution in [2.75, 3.05) is 11.9 Å². The molecule has 2 N–H and O–H groups in total. The van der Waals surface area contributed by atoms with Crippen molar-refractivity contribution in [1.82, 2.24) is 20.3 Å². The van der Waals surface area contributed by atoms with Gasteiger partial charge >= 0.3 is 0 Å². The van der Waals surface area contributed by atoms with Gasteiger partial charge in [0.15, 0.2) is 5.75 Å². The summed E-state index contributed by atoms with van der Waals surface area (Å²) in [4.78, 5) is 15.3. The molecule has 6 nitrogen and oxygen atoms in total. The number of hydrogen-bond donors (Lipinski definition) is 2. The van der Waals surface area contributed by atoms with Gasteiger partial charge in [-0.15, -0.1) is 11.3 Å². The second kappa shape index (κ2) is 6.63. The average molecular weight is 399 g/mol. The minimum Gasteiger partial charge on any atom is -0.505 e. The van der Waals surface area contributed by atoms with Crippen molar-refractivity contribution in [2.45, 2.75) is 50.5 Å². The van der Waals surface area contributed by atoms with Gasteiger partial charge in [-0.05, 0) is 38.3 Å². The van der Waals surface area contributed by atoms with Gasteiger partial charge in [0, 0.05) is 24.7 Å². The number of nitrogens with one attached hydrogen (secondary N) is 1. The van der Waals surface area contributed by atoms with Crippen LogP contribution in [0.15, 0.2) is 24.5 Å². The number of nitrogens with zero attached hydrogens (tertiary/aromatic N) is 4. The molecule has 0 saturated carbocycles. The predicted molar refractivity (Wildman–Crippen MR) is 109 cm³/mol. The van der Waals surface area contributed by atoms with Gasteiger partial charge in [0.2, 0.25) is 0 Å². The van der Waals surface area contributed by atoms with Gasteiger partial charge < -0.3 is 15.3 Å². The van der Waals surface area contributed by atoms with Crippen LogP contribution in [0.1, 0.15) is 24.3 Å². The summed E-state index contributed by atoms with van der Waals surface area (Å²) in [6.07, 6.45) is 5.09. The molecule has 28 heavy (non-hydrogen) atoms. The first-order chi connectivity index (χ1) is 13.5. The van der Waals surface area contributed by atoms with E-state index in [1.807, 2.05) is 31.0 Å². The topological polar surface area (TPSA) is 74.2 Å². The number of thiazole rings is 1. The van der Waals surface area contributed by atoms with E-state index in [2.05, 4.69) is 20.3 Å². The minimum absolute atomic E-state index is 0.0522. The number of aromatic hydroxyl groups is 1. The van der Waals surface area contributed by atoms with E-state index >= 15 is 0 Å². The molecule has 2 aliphatic heterocycles. The largest absolute Gasteiger partial charge is 0.505 e. The summed E-state index contributed by atoms with van der Waals surface area (Å²) in [6.45, 7) is 1.92. The van der Waals surface area contributed by atoms with Gasteiger partial charge in [0.25, 0.3) is 0 Å². The number of aromatic nitrogens is 3. The first-order valence-electron chi connectivity index (χ1n) is 9.55. The zero-order valence-electron chi connectivity index (χ0n) is 15.8. The monoisotopic (exact) mass is 399 g/mol. The zero-order chi connectivity index (χ0) is 19.4. The highest BCUT2D eigenvalue weighted by molar-refractivity contribution is 7.18. The Morgan fingerprint density at radius 1 is 1.25 bits per heavy atom. The number of alkyl halides is 1. The van der Waals surface area contributed by atoms with Gasteiger partial charge in [-0.25, -0.2) is 14.4 Å². The molecule has 4 heterocycles. The molecule has 8 heteroatoms. The minimum atomic E-state index is -0.912. The summed E-state index contributed by atoms with van der Waals surface area (Å²) >= 11 is 1.54. The molecule has 2 unspecified atom stereocenters. The summed E-state index contributed by atoms with van der Waals surface area (Å²) < 4.78 is 15.8. The van der Waals surface area contributed by atoms with E-state index in [9.17, 15) is 9.50 Å². The van der Waals surface area contributed by atoms with Crippen LogP contribution in [0.25, 0.3) is 21.5 Å². The molecule has 2 aliphatic rings. The van der Waals surface area contributed by atoms with E-state index in [1.165, 1.54) is 0 Å². The highest BCUT2D eigenvalue weighted by Gasteiger charge is 2.43. The number of phenols is 1. The number of benzene rings is 1. The molecule has 4 atom stereocenters. The molecule has 1 aromatic carbocycles. The van der Waals surface area contributed by atoms with Crippen molar-refractivity contribution in [3.8, 4) is 17.0 Å². The number of phenolic OH excluding ortho intramolecular Hbond substituents is 1. The molecule has 2 fully saturated rings. The molecule has 5 rings (SSSR count). The standard InChI is InChI=1S/C20H22FN5OS/c1-10-24-19-16(28-10)6-4-12(20(19)27)14-8-23-17(9-22-14)26(2)15-7-11-3-5-13(25-11)18(15)21/h4,6,8-9,11,13,15,18,25,27H,3,5,7H2,1-2H3/t11?,13?,15-,18+/m1/s1. The summed E-state index contributed by atoms with van der Waals surface area (Å²) in [5.41, 5.74) is 1.76. The number of halogens is 1. The molecule has 2 saturated heterocycles. The van der Waals surface area contributed by atoms with Crippen molar-refractivity contribution in [1.29, 1.82) is 0 Å². The van der Waals surface area contributed by atoms with Crippen molar-refractivity contribution in [3.63, 3.8) is 0 Å². The lowest BCUT2D eigenvalue weighted by molar-refractivity contribution is 0.176. The maximum Gasteiger partial charge on any atom is 0.152 e. The summed E-state index contributed by atoms with van der Waals surface area (Å²) in [6, 6.07) is 3.92. The van der Waals surface area contributed by atoms with Crippen LogP contribution in [0.5, 0.6) is 5.75 Å². The number of rotatable bonds is 3. The van der Waals surface area contributed by atoms with Crippen molar-refractivity contribution in [2.24, 2.45) is 0 Å². The smallest absolute Gasteiger partial charge is 0.152 e. The Balaban J connectivity index is 1.42. The normalized spacial score (nSPS) is 26.7. The molecule has 0 aliphatic carbocycles. The molecule has 2 bridgehead atoms. The number of hydrogen-bond acceptors (Lipinski definition) is 7. The van der Waals surface area contributed by atoms with Gasteiger partial charge in [-0.2, -0.15) is 0 Å². The first kappa shape index (κ1) is 17.8. The van der Waals surface area contributed by atoms with Crippen LogP contribution in [0.4, 0.5) is 10.2 Å². The van der Waals surface area contributed by atoms with Crippen molar-refractivity contribution < 1.29 is 9.50 Å². The molecule has 3 aromatic rings. The Labute approximate surface area is 166 Å². The molecular weight excluding hydrogens is 377 g/mol. The van der Waals surface area contributed by atoms with Crippen LogP contribution < -0.4 is 10.2 Å². The molecule has 146 valence electrons. The predicted octanol–water partition coefficient (Wildman–Crippen LogP) is 3.43. The molecule has 0 spiro atoms. The maximum atomic E-state index is 14.8. The first-order valence-corrected chi connectivity index (χ1v) is 10.4. The highest BCUT2D eigenvalue weighted by atomic mass is 32.1. The summed E-state index contributed by atoms with van der Waals surface area (Å²) in [5.74, 6) is 0.763. The Morgan fingerprint density at radius 3 is 2.89 bits per heavy atom. The van der Waals surface area contributed by atoms with E-state index in [0.717, 1.165) is 29.0 Å². The lowest BCUT2D eigenvalue weighted by Gasteiger charge is -2.38. The van der Waals surface area contributed by atoms with Gasteiger partial charge in [0.05, 0.1) is 33.8 Å². The number of piperidine rings is 1. The number of anilines is 1. The average Bonchev–Trinajstić information content (AvgIpc) is 3.28. The van der Waals surface area contributed by atoms with E-state index in [-0.39, 0.29) is 17.8 Å². The lowest BCUT2D eigenvalue weighted by atomic mass is 9.96. The fourth-order valence-electron chi connectivity index (χ4n) is 4.46. The van der Waals surface area contributed by atoms with Crippen LogP contribution in [-0.4, -0.2) is 51.4 Å². The second-order valence-corrected chi connectivity index (χ2v) is 8.94. The maximum absolute atomic E-state index is 14.8. The second-order valence-electron chi connectivity index (χ2n) is 7.71. The Kier molecular flexibility index (Phi) is 4.21. The number of fused-ring (bicyclic) bond motifs is 3. The van der Waals surface area contributed by atoms with Gasteiger partial charge in [-0.3, -0.25) is 4.98 Å². The Bertz CT molecular complexity index is 1020. The molecule has 0 radical (unpaired) electrons. The fraction of sp³-hybridized carbons (Fsp3) is 0.450. The van der Waals surface area contributed by atoms with E-state index in [4.69, 9.17) is 0 Å². The fourth-order valence-corrected chi connectivity index (χ4v) is 5.29. The van der Waals surface area contributed by atoms with Gasteiger partial charge in [-0.1, -0.05) is 0 Å². The number of aryl methyl sites for hydroxylation is 1. The third-order valence-electron chi connectivity index (χ3n) is 5.97. The van der Waals surface area contributed by atoms with Gasteiger partial charge in [0.1, 0.15) is 17.5 Å². The van der Waals surface area contributed by atoms with Crippen LogP contribution in [0, 0.1) is 6.92 Å². The van der Waals surface area contributed by atoms with Crippen LogP contribution >= 0.6 is 11.3 Å². The van der Waals surface area contributed by atoms with Crippen molar-refractivity contribution >= 4 is 27.4 Å². The molecular formula is C20H22FN5OS. The third-order valence-corrected chi connectivity index (χ3v) is 6.90. The quantitative estimate of drug-likeness (QED) is 0.703. The van der Waals surface area contributed by atoms with Crippen LogP contribution in [0.2, 0.25) is 0 Å². The Morgan fingerprint density at radius 2 is 2.11 bits per heavy atom. The Hall–Kier alpha value is -2.32. The molecule has 2 aromatic heterocycles. The van der Waals surface area contributed by atoms with E-state index in [1.54, 1.807) is 23.7 Å². The van der Waals surface area contributed by atoms with Crippen LogP contribution in [0.3, 0.4) is 0 Å². The van der Waals surface area contributed by atoms with Crippen LogP contribution in [-0.2, 0) is 0 Å². The lowest BCUT2D eigenvalue weighted by Crippen LogP contribution is -2.55. The molecule has 0 amide bonds. The van der Waals surface area contributed by atoms with Crippen molar-refractivity contribution in [3.05, 3.63) is 29.5 Å². The third kappa shape index (κ3) is 2.82. The summed E-state index contributed by atoms with van der Waals surface area (Å²) in [7, 11) is 1.88. The SMILES string of the molecule is Cc1nc2c(O)c(-c3cnc(N(C)[C@@H]4CC5CCC(N5)[C@@H]4F)cn3)ccc2s1. The zero-order valence-corrected chi connectivity index (χ0v) is 16.6. The van der Waals surface area contributed by atoms with E-state index in [0.29, 0.717) is 28.6 Å². The van der Waals surface area contributed by atoms with E-state index < -0.39 is 6.17 Å². The highest BCUT2D eigenvalue weighted by Crippen LogP contribution is 2.37.